The lowest BCUT2D eigenvalue weighted by molar-refractivity contribution is 0.0951. The van der Waals surface area contributed by atoms with Gasteiger partial charge in [-0.15, -0.1) is 0 Å². The number of fused-ring (bicyclic) bond motifs is 1. The number of sulfone groups is 1. The maximum Gasteiger partial charge on any atom is 0.269 e. The van der Waals surface area contributed by atoms with E-state index in [0.717, 1.165) is 16.4 Å². The Morgan fingerprint density at radius 3 is 2.28 bits per heavy atom. The minimum absolute atomic E-state index is 0.0198. The molecule has 11 nitrogen and oxygen atoms in total. The molecule has 0 atom stereocenters. The van der Waals surface area contributed by atoms with Crippen LogP contribution < -0.4 is 20.3 Å². The lowest BCUT2D eigenvalue weighted by atomic mass is 10.1. The fourth-order valence-corrected chi connectivity index (χ4v) is 4.29. The van der Waals surface area contributed by atoms with Crippen molar-refractivity contribution < 1.29 is 22.7 Å². The molecule has 0 fully saturated rings. The van der Waals surface area contributed by atoms with E-state index in [0.29, 0.717) is 11.1 Å². The number of hydrogen-bond acceptors (Lipinski definition) is 9. The average molecular weight is 528 g/mol. The van der Waals surface area contributed by atoms with Gasteiger partial charge in [-0.1, -0.05) is 12.1 Å². The number of H-pyrrole nitrogens is 1. The monoisotopic (exact) mass is 527 g/mol. The van der Waals surface area contributed by atoms with Crippen molar-refractivity contribution in [2.45, 2.75) is 11.4 Å². The minimum atomic E-state index is -3.30. The van der Waals surface area contributed by atoms with E-state index < -0.39 is 15.4 Å². The van der Waals surface area contributed by atoms with Crippen molar-refractivity contribution in [3.8, 4) is 17.7 Å². The summed E-state index contributed by atoms with van der Waals surface area (Å²) in [5.41, 5.74) is 0.910. The Bertz CT molecular complexity index is 1670. The minimum Gasteiger partial charge on any atom is -0.481 e. The maximum atomic E-state index is 13.2. The number of aromatic amines is 1. The first kappa shape index (κ1) is 25.0. The Balaban J connectivity index is 1.62. The van der Waals surface area contributed by atoms with Crippen LogP contribution in [-0.2, 0) is 16.4 Å². The zero-order valence-electron chi connectivity index (χ0n) is 19.4. The summed E-state index contributed by atoms with van der Waals surface area (Å²) in [5, 5.41) is 3.04. The number of rotatable bonds is 7. The number of methoxy groups -OCH3 is 2. The number of ether oxygens (including phenoxy) is 2. The molecule has 186 valence electrons. The molecule has 0 spiro atoms. The first-order valence-electron chi connectivity index (χ1n) is 10.4. The van der Waals surface area contributed by atoms with Crippen LogP contribution in [0, 0.1) is 4.77 Å². The third kappa shape index (κ3) is 5.11. The van der Waals surface area contributed by atoms with Gasteiger partial charge in [0.05, 0.1) is 36.1 Å². The van der Waals surface area contributed by atoms with Crippen LogP contribution in [0.1, 0.15) is 15.9 Å². The van der Waals surface area contributed by atoms with Gasteiger partial charge in [0.15, 0.2) is 14.6 Å². The largest absolute Gasteiger partial charge is 0.481 e. The lowest BCUT2D eigenvalue weighted by Gasteiger charge is -2.10. The molecule has 36 heavy (non-hydrogen) atoms. The van der Waals surface area contributed by atoms with Crippen LogP contribution in [0.2, 0.25) is 0 Å². The Morgan fingerprint density at radius 1 is 1.06 bits per heavy atom. The molecular formula is C23H21N5O6S2. The summed E-state index contributed by atoms with van der Waals surface area (Å²) < 4.78 is 34.6. The highest BCUT2D eigenvalue weighted by Crippen LogP contribution is 2.18. The number of nitrogens with one attached hydrogen (secondary N) is 2. The lowest BCUT2D eigenvalue weighted by Crippen LogP contribution is -2.24. The highest BCUT2D eigenvalue weighted by molar-refractivity contribution is 7.90. The first-order chi connectivity index (χ1) is 17.1. The smallest absolute Gasteiger partial charge is 0.269 e. The van der Waals surface area contributed by atoms with Gasteiger partial charge in [0, 0.05) is 18.4 Å². The second-order valence-electron chi connectivity index (χ2n) is 7.68. The van der Waals surface area contributed by atoms with Crippen LogP contribution >= 0.6 is 12.2 Å². The molecule has 0 radical (unpaired) electrons. The van der Waals surface area contributed by atoms with E-state index >= 15 is 0 Å². The third-order valence-corrected chi connectivity index (χ3v) is 6.66. The van der Waals surface area contributed by atoms with E-state index in [1.54, 1.807) is 12.1 Å². The molecule has 1 amide bonds. The number of benzene rings is 2. The number of hydrogen-bond donors (Lipinski definition) is 2. The first-order valence-corrected chi connectivity index (χ1v) is 12.7. The number of aromatic nitrogens is 4. The van der Waals surface area contributed by atoms with Gasteiger partial charge in [0.1, 0.15) is 0 Å². The van der Waals surface area contributed by atoms with Gasteiger partial charge in [-0.2, -0.15) is 9.97 Å². The second-order valence-corrected chi connectivity index (χ2v) is 10.1. The summed E-state index contributed by atoms with van der Waals surface area (Å²) in [4.78, 5) is 37.4. The van der Waals surface area contributed by atoms with Gasteiger partial charge in [-0.3, -0.25) is 9.59 Å². The summed E-state index contributed by atoms with van der Waals surface area (Å²) in [5.74, 6) is -0.0241. The molecular weight excluding hydrogens is 506 g/mol. The highest BCUT2D eigenvalue weighted by atomic mass is 32.2. The fourth-order valence-electron chi connectivity index (χ4n) is 3.38. The van der Waals surface area contributed by atoms with Gasteiger partial charge in [-0.25, -0.2) is 13.0 Å². The van der Waals surface area contributed by atoms with Gasteiger partial charge in [-0.05, 0) is 48.1 Å². The molecule has 2 N–H and O–H groups in total. The van der Waals surface area contributed by atoms with Crippen LogP contribution in [0.3, 0.4) is 0 Å². The molecule has 4 aromatic rings. The summed E-state index contributed by atoms with van der Waals surface area (Å²) in [6.45, 7) is 0.188. The van der Waals surface area contributed by atoms with Gasteiger partial charge >= 0.3 is 0 Å². The van der Waals surface area contributed by atoms with Gasteiger partial charge < -0.3 is 19.8 Å². The van der Waals surface area contributed by atoms with Crippen molar-refractivity contribution in [1.29, 1.82) is 0 Å². The topological polar surface area (TPSA) is 145 Å². The van der Waals surface area contributed by atoms with Crippen molar-refractivity contribution in [2.75, 3.05) is 20.5 Å². The molecule has 2 heterocycles. The summed E-state index contributed by atoms with van der Waals surface area (Å²) in [6.07, 6.45) is 1.13. The van der Waals surface area contributed by atoms with Crippen molar-refractivity contribution >= 4 is 38.9 Å². The molecule has 4 rings (SSSR count). The zero-order valence-corrected chi connectivity index (χ0v) is 21.1. The van der Waals surface area contributed by atoms with Crippen molar-refractivity contribution in [3.05, 3.63) is 74.8 Å². The normalized spacial score (nSPS) is 11.3. The van der Waals surface area contributed by atoms with Crippen molar-refractivity contribution in [3.63, 3.8) is 0 Å². The third-order valence-electron chi connectivity index (χ3n) is 5.25. The molecule has 0 aliphatic rings. The molecule has 0 bridgehead atoms. The molecule has 13 heteroatoms. The van der Waals surface area contributed by atoms with Crippen LogP contribution in [0.15, 0.2) is 58.2 Å². The SMILES string of the molecule is COc1cc(OC)nc(-n2c(=S)[nH]c3cc(C(=O)NCc4ccc(S(C)(=O)=O)cc4)ccc3c2=O)n1. The number of carbonyl (C=O) groups excluding carboxylic acids is 1. The van der Waals surface area contributed by atoms with Gasteiger partial charge in [0.25, 0.3) is 11.5 Å². The van der Waals surface area contributed by atoms with E-state index in [-0.39, 0.29) is 45.2 Å². The van der Waals surface area contributed by atoms with Crippen LogP contribution in [0.5, 0.6) is 11.8 Å². The van der Waals surface area contributed by atoms with Crippen LogP contribution in [-0.4, -0.2) is 54.3 Å². The van der Waals surface area contributed by atoms with Crippen LogP contribution in [0.25, 0.3) is 16.9 Å². The summed E-state index contributed by atoms with van der Waals surface area (Å²) in [7, 11) is -0.450. The Morgan fingerprint density at radius 2 is 1.69 bits per heavy atom. The quantitative estimate of drug-likeness (QED) is 0.345. The molecule has 2 aromatic carbocycles. The molecule has 0 aliphatic heterocycles. The summed E-state index contributed by atoms with van der Waals surface area (Å²) >= 11 is 5.37. The second kappa shape index (κ2) is 9.87. The molecule has 2 aromatic heterocycles. The standard InChI is InChI=1S/C23H21N5O6S2/c1-33-18-11-19(34-2)27-22(26-18)28-21(30)16-9-6-14(10-17(16)25-23(28)35)20(29)24-12-13-4-7-15(8-5-13)36(3,31)32/h4-11H,12H2,1-3H3,(H,24,29)(H,25,35). The fraction of sp³-hybridized carbons (Fsp3) is 0.174. The molecule has 0 unspecified atom stereocenters. The maximum absolute atomic E-state index is 13.2. The highest BCUT2D eigenvalue weighted by Gasteiger charge is 2.15. The van der Waals surface area contributed by atoms with Crippen molar-refractivity contribution in [2.24, 2.45) is 0 Å². The molecule has 0 saturated carbocycles. The predicted octanol–water partition coefficient (Wildman–Crippen LogP) is 2.19. The molecule has 0 saturated heterocycles. The Labute approximate surface area is 210 Å². The average Bonchev–Trinajstić information content (AvgIpc) is 2.86. The van der Waals surface area contributed by atoms with E-state index in [9.17, 15) is 18.0 Å². The number of amides is 1. The Hall–Kier alpha value is -4.10. The van der Waals surface area contributed by atoms with Crippen LogP contribution in [0.4, 0.5) is 0 Å². The van der Waals surface area contributed by atoms with E-state index in [2.05, 4.69) is 20.3 Å². The number of nitrogens with zero attached hydrogens (tertiary/aromatic N) is 3. The van der Waals surface area contributed by atoms with Crippen molar-refractivity contribution in [1.82, 2.24) is 24.8 Å². The Kier molecular flexibility index (Phi) is 6.86. The van der Waals surface area contributed by atoms with Gasteiger partial charge in [0.2, 0.25) is 17.7 Å². The van der Waals surface area contributed by atoms with E-state index in [4.69, 9.17) is 21.7 Å². The summed E-state index contributed by atoms with van der Waals surface area (Å²) in [6, 6.07) is 12.2. The predicted molar refractivity (Wildman–Crippen MR) is 134 cm³/mol. The van der Waals surface area contributed by atoms with E-state index in [1.165, 1.54) is 50.6 Å². The zero-order chi connectivity index (χ0) is 26.0. The molecule has 0 aliphatic carbocycles. The number of carbonyl (C=O) groups is 1. The van der Waals surface area contributed by atoms with E-state index in [1.807, 2.05) is 0 Å².